The third kappa shape index (κ3) is 5.52. The van der Waals surface area contributed by atoms with Crippen molar-refractivity contribution in [3.63, 3.8) is 0 Å². The Kier molecular flexibility index (Phi) is 6.30. The number of amides is 1. The van der Waals surface area contributed by atoms with E-state index >= 15 is 0 Å². The van der Waals surface area contributed by atoms with Gasteiger partial charge in [-0.2, -0.15) is 18.2 Å². The molecule has 0 spiro atoms. The predicted octanol–water partition coefficient (Wildman–Crippen LogP) is 3.60. The van der Waals surface area contributed by atoms with Crippen LogP contribution in [0.25, 0.3) is 0 Å². The zero-order valence-corrected chi connectivity index (χ0v) is 15.3. The van der Waals surface area contributed by atoms with E-state index in [2.05, 4.69) is 20.3 Å². The zero-order valence-electron chi connectivity index (χ0n) is 14.5. The van der Waals surface area contributed by atoms with Crippen LogP contribution in [0.2, 0.25) is 5.28 Å². The van der Waals surface area contributed by atoms with Crippen molar-refractivity contribution in [2.75, 3.05) is 25.1 Å². The van der Waals surface area contributed by atoms with Gasteiger partial charge in [0.15, 0.2) is 0 Å². The summed E-state index contributed by atoms with van der Waals surface area (Å²) in [6, 6.07) is 3.24. The van der Waals surface area contributed by atoms with Crippen molar-refractivity contribution in [3.05, 3.63) is 41.1 Å². The molecule has 3 rings (SSSR count). The number of pyridine rings is 1. The van der Waals surface area contributed by atoms with Gasteiger partial charge in [0.25, 0.3) is 5.91 Å². The van der Waals surface area contributed by atoms with Crippen molar-refractivity contribution in [3.8, 4) is 5.88 Å². The molecule has 1 aliphatic heterocycles. The Labute approximate surface area is 163 Å². The maximum Gasteiger partial charge on any atom is 0.433 e. The summed E-state index contributed by atoms with van der Waals surface area (Å²) in [4.78, 5) is 23.3. The number of halogens is 4. The van der Waals surface area contributed by atoms with Crippen LogP contribution in [0.1, 0.15) is 29.0 Å². The highest BCUT2D eigenvalue weighted by atomic mass is 35.5. The monoisotopic (exact) mass is 416 g/mol. The fourth-order valence-corrected chi connectivity index (χ4v) is 2.74. The predicted molar refractivity (Wildman–Crippen MR) is 93.3 cm³/mol. The standard InChI is InChI=1S/C17H16ClF3N4O3/c18-16-24-12(8-14(25-16)28-9-10-2-5-27-6-3-10)15(26)23-11-1-4-22-13(7-11)17(19,20)21/h1,4,7-8,10H,2-3,5-6,9H2,(H,22,23,26). The number of nitrogens with zero attached hydrogens (tertiary/aromatic N) is 3. The molecular formula is C17H16ClF3N4O3. The van der Waals surface area contributed by atoms with Crippen LogP contribution < -0.4 is 10.1 Å². The minimum Gasteiger partial charge on any atom is -0.477 e. The topological polar surface area (TPSA) is 86.2 Å². The van der Waals surface area contributed by atoms with E-state index in [1.807, 2.05) is 0 Å². The largest absolute Gasteiger partial charge is 0.477 e. The van der Waals surface area contributed by atoms with Gasteiger partial charge in [-0.05, 0) is 42.5 Å². The maximum atomic E-state index is 12.7. The fourth-order valence-electron chi connectivity index (χ4n) is 2.56. The lowest BCUT2D eigenvalue weighted by Gasteiger charge is -2.21. The van der Waals surface area contributed by atoms with Crippen LogP contribution in [0, 0.1) is 5.92 Å². The fraction of sp³-hybridized carbons (Fsp3) is 0.412. The van der Waals surface area contributed by atoms with E-state index in [1.54, 1.807) is 0 Å². The van der Waals surface area contributed by atoms with Crippen molar-refractivity contribution in [1.82, 2.24) is 15.0 Å². The molecule has 0 aromatic carbocycles. The van der Waals surface area contributed by atoms with Gasteiger partial charge in [-0.1, -0.05) is 0 Å². The van der Waals surface area contributed by atoms with Gasteiger partial charge in [0.2, 0.25) is 11.2 Å². The molecule has 11 heteroatoms. The highest BCUT2D eigenvalue weighted by Crippen LogP contribution is 2.29. The maximum absolute atomic E-state index is 12.7. The third-order valence-electron chi connectivity index (χ3n) is 4.02. The number of aromatic nitrogens is 3. The lowest BCUT2D eigenvalue weighted by molar-refractivity contribution is -0.141. The van der Waals surface area contributed by atoms with Crippen molar-refractivity contribution in [2.45, 2.75) is 19.0 Å². The minimum atomic E-state index is -4.62. The molecule has 2 aromatic rings. The molecular weight excluding hydrogens is 401 g/mol. The molecule has 1 N–H and O–H groups in total. The molecule has 1 fully saturated rings. The summed E-state index contributed by atoms with van der Waals surface area (Å²) in [7, 11) is 0. The van der Waals surface area contributed by atoms with Crippen LogP contribution in [0.3, 0.4) is 0 Å². The van der Waals surface area contributed by atoms with E-state index in [0.29, 0.717) is 25.7 Å². The first-order valence-electron chi connectivity index (χ1n) is 8.41. The summed E-state index contributed by atoms with van der Waals surface area (Å²) in [5.74, 6) is -0.334. The van der Waals surface area contributed by atoms with Crippen molar-refractivity contribution in [1.29, 1.82) is 0 Å². The second-order valence-corrected chi connectivity index (χ2v) is 6.45. The molecule has 0 atom stereocenters. The van der Waals surface area contributed by atoms with E-state index in [9.17, 15) is 18.0 Å². The van der Waals surface area contributed by atoms with E-state index in [1.165, 1.54) is 12.1 Å². The number of rotatable bonds is 5. The second-order valence-electron chi connectivity index (χ2n) is 6.11. The Balaban J connectivity index is 1.68. The number of alkyl halides is 3. The van der Waals surface area contributed by atoms with Crippen LogP contribution in [0.4, 0.5) is 18.9 Å². The SMILES string of the molecule is O=C(Nc1ccnc(C(F)(F)F)c1)c1cc(OCC2CCOCC2)nc(Cl)n1. The van der Waals surface area contributed by atoms with Gasteiger partial charge in [-0.25, -0.2) is 4.98 Å². The Bertz CT molecular complexity index is 845. The van der Waals surface area contributed by atoms with Gasteiger partial charge in [-0.3, -0.25) is 9.78 Å². The molecule has 150 valence electrons. The summed E-state index contributed by atoms with van der Waals surface area (Å²) in [6.45, 7) is 1.72. The summed E-state index contributed by atoms with van der Waals surface area (Å²) < 4.78 is 49.1. The van der Waals surface area contributed by atoms with Crippen LogP contribution in [-0.2, 0) is 10.9 Å². The number of carbonyl (C=O) groups is 1. The normalized spacial score (nSPS) is 15.3. The lowest BCUT2D eigenvalue weighted by atomic mass is 10.0. The highest BCUT2D eigenvalue weighted by Gasteiger charge is 2.32. The summed E-state index contributed by atoms with van der Waals surface area (Å²) in [6.07, 6.45) is -1.95. The number of hydrogen-bond donors (Lipinski definition) is 1. The lowest BCUT2D eigenvalue weighted by Crippen LogP contribution is -2.22. The van der Waals surface area contributed by atoms with Gasteiger partial charge in [0.1, 0.15) is 11.4 Å². The number of anilines is 1. The first-order valence-corrected chi connectivity index (χ1v) is 8.79. The Morgan fingerprint density at radius 2 is 2.04 bits per heavy atom. The van der Waals surface area contributed by atoms with Gasteiger partial charge < -0.3 is 14.8 Å². The highest BCUT2D eigenvalue weighted by molar-refractivity contribution is 6.28. The van der Waals surface area contributed by atoms with Crippen LogP contribution >= 0.6 is 11.6 Å². The zero-order chi connectivity index (χ0) is 20.1. The van der Waals surface area contributed by atoms with Crippen molar-refractivity contribution >= 4 is 23.2 Å². The van der Waals surface area contributed by atoms with Gasteiger partial charge in [-0.15, -0.1) is 0 Å². The van der Waals surface area contributed by atoms with Crippen molar-refractivity contribution < 1.29 is 27.4 Å². The Morgan fingerprint density at radius 3 is 2.75 bits per heavy atom. The smallest absolute Gasteiger partial charge is 0.433 e. The van der Waals surface area contributed by atoms with Crippen LogP contribution in [0.5, 0.6) is 5.88 Å². The van der Waals surface area contributed by atoms with Gasteiger partial charge in [0, 0.05) is 31.2 Å². The first kappa shape index (κ1) is 20.3. The molecule has 0 unspecified atom stereocenters. The van der Waals surface area contributed by atoms with E-state index in [-0.39, 0.29) is 22.5 Å². The molecule has 0 aliphatic carbocycles. The van der Waals surface area contributed by atoms with Crippen LogP contribution in [0.15, 0.2) is 24.4 Å². The molecule has 1 amide bonds. The summed E-state index contributed by atoms with van der Waals surface area (Å²) in [5.41, 5.74) is -1.33. The number of hydrogen-bond acceptors (Lipinski definition) is 6. The molecule has 0 radical (unpaired) electrons. The number of ether oxygens (including phenoxy) is 2. The number of nitrogens with one attached hydrogen (secondary N) is 1. The molecule has 0 bridgehead atoms. The van der Waals surface area contributed by atoms with Gasteiger partial charge in [0.05, 0.1) is 6.61 Å². The summed E-state index contributed by atoms with van der Waals surface area (Å²) >= 11 is 5.84. The summed E-state index contributed by atoms with van der Waals surface area (Å²) in [5, 5.41) is 2.12. The van der Waals surface area contributed by atoms with E-state index < -0.39 is 17.8 Å². The molecule has 3 heterocycles. The van der Waals surface area contributed by atoms with Crippen molar-refractivity contribution in [2.24, 2.45) is 5.92 Å². The molecule has 0 saturated carbocycles. The minimum absolute atomic E-state index is 0.0771. The Morgan fingerprint density at radius 1 is 1.29 bits per heavy atom. The molecule has 7 nitrogen and oxygen atoms in total. The molecule has 1 aliphatic rings. The first-order chi connectivity index (χ1) is 13.3. The average Bonchev–Trinajstić information content (AvgIpc) is 2.66. The van der Waals surface area contributed by atoms with E-state index in [4.69, 9.17) is 21.1 Å². The third-order valence-corrected chi connectivity index (χ3v) is 4.19. The van der Waals surface area contributed by atoms with Crippen LogP contribution in [-0.4, -0.2) is 40.7 Å². The van der Waals surface area contributed by atoms with Gasteiger partial charge >= 0.3 is 6.18 Å². The quantitative estimate of drug-likeness (QED) is 0.749. The Hall–Kier alpha value is -2.46. The second kappa shape index (κ2) is 8.70. The molecule has 28 heavy (non-hydrogen) atoms. The molecule has 1 saturated heterocycles. The number of carbonyl (C=O) groups excluding carboxylic acids is 1. The molecule has 2 aromatic heterocycles. The average molecular weight is 417 g/mol. The van der Waals surface area contributed by atoms with E-state index in [0.717, 1.165) is 25.1 Å².